The van der Waals surface area contributed by atoms with Gasteiger partial charge in [0, 0.05) is 23.0 Å². The topological polar surface area (TPSA) is 83.0 Å². The zero-order valence-corrected chi connectivity index (χ0v) is 13.7. The molecule has 0 bridgehead atoms. The molecule has 0 aliphatic heterocycles. The predicted molar refractivity (Wildman–Crippen MR) is 93.3 cm³/mol. The van der Waals surface area contributed by atoms with Crippen LogP contribution in [0, 0.1) is 0 Å². The normalized spacial score (nSPS) is 10.9. The van der Waals surface area contributed by atoms with Gasteiger partial charge in [0.15, 0.2) is 0 Å². The molecule has 120 valence electrons. The van der Waals surface area contributed by atoms with Gasteiger partial charge in [-0.1, -0.05) is 23.2 Å². The third-order valence-corrected chi connectivity index (χ3v) is 3.66. The summed E-state index contributed by atoms with van der Waals surface area (Å²) in [4.78, 5) is 16.0. The van der Waals surface area contributed by atoms with Crippen LogP contribution in [0.5, 0.6) is 0 Å². The molecule has 24 heavy (non-hydrogen) atoms. The summed E-state index contributed by atoms with van der Waals surface area (Å²) in [7, 11) is 0. The lowest BCUT2D eigenvalue weighted by Gasteiger charge is -2.00. The van der Waals surface area contributed by atoms with Crippen LogP contribution in [0.2, 0.25) is 10.0 Å². The number of aromatic nitrogens is 3. The van der Waals surface area contributed by atoms with E-state index in [0.29, 0.717) is 21.3 Å². The summed E-state index contributed by atoms with van der Waals surface area (Å²) in [5, 5.41) is 11.6. The number of benzene rings is 1. The van der Waals surface area contributed by atoms with Crippen molar-refractivity contribution in [1.29, 1.82) is 0 Å². The zero-order chi connectivity index (χ0) is 16.9. The van der Waals surface area contributed by atoms with Crippen LogP contribution < -0.4 is 5.43 Å². The zero-order valence-electron chi connectivity index (χ0n) is 12.2. The summed E-state index contributed by atoms with van der Waals surface area (Å²) in [5.74, 6) is -0.413. The summed E-state index contributed by atoms with van der Waals surface area (Å²) in [5.41, 5.74) is 4.73. The monoisotopic (exact) mass is 359 g/mol. The Bertz CT molecular complexity index is 892. The average molecular weight is 360 g/mol. The fourth-order valence-corrected chi connectivity index (χ4v) is 2.45. The number of carbonyl (C=O) groups excluding carboxylic acids is 1. The molecule has 0 radical (unpaired) electrons. The Labute approximate surface area is 147 Å². The van der Waals surface area contributed by atoms with E-state index >= 15 is 0 Å². The first kappa shape index (κ1) is 16.2. The number of halogens is 2. The minimum Gasteiger partial charge on any atom is -0.272 e. The van der Waals surface area contributed by atoms with Gasteiger partial charge in [-0.25, -0.2) is 5.43 Å². The van der Waals surface area contributed by atoms with E-state index in [-0.39, 0.29) is 5.69 Å². The van der Waals surface area contributed by atoms with Gasteiger partial charge in [0.2, 0.25) is 0 Å². The largest absolute Gasteiger partial charge is 0.289 e. The predicted octanol–water partition coefficient (Wildman–Crippen LogP) is 3.54. The van der Waals surface area contributed by atoms with Crippen molar-refractivity contribution in [3.63, 3.8) is 0 Å². The number of nitrogens with zero attached hydrogens (tertiary/aromatic N) is 3. The molecule has 6 nitrogen and oxygen atoms in total. The number of aromatic amines is 1. The second kappa shape index (κ2) is 7.25. The van der Waals surface area contributed by atoms with Gasteiger partial charge in [-0.05, 0) is 42.0 Å². The van der Waals surface area contributed by atoms with Gasteiger partial charge in [-0.15, -0.1) is 0 Å². The summed E-state index contributed by atoms with van der Waals surface area (Å²) in [6.45, 7) is 0. The van der Waals surface area contributed by atoms with Crippen LogP contribution in [-0.4, -0.2) is 27.3 Å². The molecule has 0 unspecified atom stereocenters. The summed E-state index contributed by atoms with van der Waals surface area (Å²) in [6.07, 6.45) is 4.80. The highest BCUT2D eigenvalue weighted by atomic mass is 35.5. The maximum Gasteiger partial charge on any atom is 0.289 e. The number of H-pyrrole nitrogens is 1. The Morgan fingerprint density at radius 3 is 2.71 bits per heavy atom. The minimum absolute atomic E-state index is 0.267. The van der Waals surface area contributed by atoms with E-state index in [1.165, 1.54) is 6.21 Å². The standard InChI is InChI=1S/C16H11Cl2N5O/c17-11-1-2-12(13(18)7-11)14-8-15(22-21-14)16(24)23-20-9-10-3-5-19-6-4-10/h1-9H,(H,21,22)(H,23,24). The van der Waals surface area contributed by atoms with Crippen LogP contribution in [0.4, 0.5) is 0 Å². The molecule has 2 heterocycles. The SMILES string of the molecule is O=C(NN=Cc1ccncc1)c1cc(-c2ccc(Cl)cc2Cl)n[nH]1. The highest BCUT2D eigenvalue weighted by Crippen LogP contribution is 2.29. The first-order chi connectivity index (χ1) is 11.6. The van der Waals surface area contributed by atoms with Crippen molar-refractivity contribution in [2.45, 2.75) is 0 Å². The van der Waals surface area contributed by atoms with Crippen LogP contribution in [0.1, 0.15) is 16.1 Å². The first-order valence-electron chi connectivity index (χ1n) is 6.88. The van der Waals surface area contributed by atoms with Crippen molar-refractivity contribution in [3.8, 4) is 11.3 Å². The van der Waals surface area contributed by atoms with Gasteiger partial charge >= 0.3 is 0 Å². The van der Waals surface area contributed by atoms with E-state index in [9.17, 15) is 4.79 Å². The third-order valence-electron chi connectivity index (χ3n) is 3.12. The number of nitrogens with one attached hydrogen (secondary N) is 2. The summed E-state index contributed by atoms with van der Waals surface area (Å²) >= 11 is 12.0. The Morgan fingerprint density at radius 2 is 1.96 bits per heavy atom. The van der Waals surface area contributed by atoms with Gasteiger partial charge in [0.1, 0.15) is 5.69 Å². The van der Waals surface area contributed by atoms with E-state index in [1.54, 1.807) is 48.8 Å². The number of rotatable bonds is 4. The summed E-state index contributed by atoms with van der Waals surface area (Å²) < 4.78 is 0. The molecule has 0 saturated heterocycles. The number of amides is 1. The second-order valence-electron chi connectivity index (χ2n) is 4.77. The highest BCUT2D eigenvalue weighted by molar-refractivity contribution is 6.36. The Hall–Kier alpha value is -2.70. The number of carbonyl (C=O) groups is 1. The van der Waals surface area contributed by atoms with Crippen molar-refractivity contribution in [2.24, 2.45) is 5.10 Å². The Kier molecular flexibility index (Phi) is 4.88. The lowest BCUT2D eigenvalue weighted by Crippen LogP contribution is -2.17. The molecule has 0 fully saturated rings. The van der Waals surface area contributed by atoms with Gasteiger partial charge in [-0.3, -0.25) is 14.9 Å². The molecular formula is C16H11Cl2N5O. The number of pyridine rings is 1. The molecule has 3 rings (SSSR count). The van der Waals surface area contributed by atoms with Crippen molar-refractivity contribution >= 4 is 35.3 Å². The third kappa shape index (κ3) is 3.79. The van der Waals surface area contributed by atoms with E-state index in [0.717, 1.165) is 5.56 Å². The van der Waals surface area contributed by atoms with E-state index in [4.69, 9.17) is 23.2 Å². The van der Waals surface area contributed by atoms with E-state index < -0.39 is 5.91 Å². The fraction of sp³-hybridized carbons (Fsp3) is 0. The van der Waals surface area contributed by atoms with Crippen molar-refractivity contribution in [1.82, 2.24) is 20.6 Å². The molecule has 3 aromatic rings. The average Bonchev–Trinajstić information content (AvgIpc) is 3.05. The van der Waals surface area contributed by atoms with Crippen LogP contribution >= 0.6 is 23.2 Å². The van der Waals surface area contributed by atoms with Gasteiger partial charge in [0.25, 0.3) is 5.91 Å². The molecule has 8 heteroatoms. The van der Waals surface area contributed by atoms with Gasteiger partial charge < -0.3 is 0 Å². The van der Waals surface area contributed by atoms with Crippen molar-refractivity contribution in [3.05, 3.63) is 70.1 Å². The van der Waals surface area contributed by atoms with Crippen LogP contribution in [0.3, 0.4) is 0 Å². The Morgan fingerprint density at radius 1 is 1.17 bits per heavy atom. The molecular weight excluding hydrogens is 349 g/mol. The minimum atomic E-state index is -0.413. The molecule has 1 aromatic carbocycles. The number of hydrogen-bond donors (Lipinski definition) is 2. The highest BCUT2D eigenvalue weighted by Gasteiger charge is 2.12. The maximum atomic E-state index is 12.1. The maximum absolute atomic E-state index is 12.1. The van der Waals surface area contributed by atoms with Crippen LogP contribution in [0.25, 0.3) is 11.3 Å². The lowest BCUT2D eigenvalue weighted by atomic mass is 10.1. The lowest BCUT2D eigenvalue weighted by molar-refractivity contribution is 0.0950. The van der Waals surface area contributed by atoms with E-state index in [1.807, 2.05) is 0 Å². The molecule has 0 spiro atoms. The van der Waals surface area contributed by atoms with Gasteiger partial charge in [-0.2, -0.15) is 10.2 Å². The van der Waals surface area contributed by atoms with Crippen LogP contribution in [0.15, 0.2) is 53.9 Å². The first-order valence-corrected chi connectivity index (χ1v) is 7.63. The van der Waals surface area contributed by atoms with Gasteiger partial charge in [0.05, 0.1) is 16.9 Å². The Balaban J connectivity index is 1.71. The fourth-order valence-electron chi connectivity index (χ4n) is 1.95. The second-order valence-corrected chi connectivity index (χ2v) is 5.61. The molecule has 0 saturated carbocycles. The van der Waals surface area contributed by atoms with Crippen molar-refractivity contribution in [2.75, 3.05) is 0 Å². The smallest absolute Gasteiger partial charge is 0.272 e. The molecule has 0 atom stereocenters. The molecule has 2 N–H and O–H groups in total. The number of hydrogen-bond acceptors (Lipinski definition) is 4. The van der Waals surface area contributed by atoms with Crippen molar-refractivity contribution < 1.29 is 4.79 Å². The van der Waals surface area contributed by atoms with Crippen LogP contribution in [-0.2, 0) is 0 Å². The summed E-state index contributed by atoms with van der Waals surface area (Å²) in [6, 6.07) is 10.2. The molecule has 0 aliphatic rings. The quantitative estimate of drug-likeness (QED) is 0.551. The number of hydrazone groups is 1. The molecule has 2 aromatic heterocycles. The molecule has 0 aliphatic carbocycles. The van der Waals surface area contributed by atoms with E-state index in [2.05, 4.69) is 25.7 Å². The molecule has 1 amide bonds.